The van der Waals surface area contributed by atoms with E-state index in [4.69, 9.17) is 4.74 Å². The van der Waals surface area contributed by atoms with Crippen LogP contribution in [0.2, 0.25) is 0 Å². The van der Waals surface area contributed by atoms with E-state index >= 15 is 0 Å². The maximum Gasteiger partial charge on any atom is 0.257 e. The molecular weight excluding hydrogens is 332 g/mol. The fourth-order valence-corrected chi connectivity index (χ4v) is 3.31. The third-order valence-electron chi connectivity index (χ3n) is 5.15. The van der Waals surface area contributed by atoms with Gasteiger partial charge in [0.1, 0.15) is 0 Å². The van der Waals surface area contributed by atoms with E-state index < -0.39 is 11.0 Å². The van der Waals surface area contributed by atoms with Crippen LogP contribution in [-0.4, -0.2) is 63.3 Å². The lowest BCUT2D eigenvalue weighted by Crippen LogP contribution is -2.60. The summed E-state index contributed by atoms with van der Waals surface area (Å²) in [7, 11) is 1.58. The van der Waals surface area contributed by atoms with E-state index in [0.29, 0.717) is 30.9 Å². The van der Waals surface area contributed by atoms with Gasteiger partial charge >= 0.3 is 0 Å². The van der Waals surface area contributed by atoms with Gasteiger partial charge in [-0.05, 0) is 18.6 Å². The normalized spacial score (nSPS) is 22.2. The third kappa shape index (κ3) is 3.45. The van der Waals surface area contributed by atoms with Crippen LogP contribution in [-0.2, 0) is 4.74 Å². The molecule has 0 radical (unpaired) electrons. The van der Waals surface area contributed by atoms with Crippen LogP contribution in [0.1, 0.15) is 30.6 Å². The predicted octanol–water partition coefficient (Wildman–Crippen LogP) is 1.79. The standard InChI is InChI=1S/C19H24N4O3/c1-18(2)12-23(9-6-19(18,25)13-26-3)17(24)15-10-21-16(22-11-15)14-4-7-20-8-5-14/h4-5,7-8,10-11,25H,6,9,12-13H2,1-3H3/t19-/m1/s1. The molecule has 7 nitrogen and oxygen atoms in total. The molecule has 1 fully saturated rings. The van der Waals surface area contributed by atoms with Crippen molar-refractivity contribution in [3.63, 3.8) is 0 Å². The van der Waals surface area contributed by atoms with Crippen LogP contribution in [0.3, 0.4) is 0 Å². The largest absolute Gasteiger partial charge is 0.387 e. The molecule has 1 N–H and O–H groups in total. The Morgan fingerprint density at radius 1 is 1.27 bits per heavy atom. The van der Waals surface area contributed by atoms with Gasteiger partial charge in [-0.2, -0.15) is 0 Å². The lowest BCUT2D eigenvalue weighted by molar-refractivity contribution is -0.144. The molecule has 0 aliphatic carbocycles. The summed E-state index contributed by atoms with van der Waals surface area (Å²) in [6.45, 7) is 5.07. The van der Waals surface area contributed by atoms with Gasteiger partial charge in [-0.3, -0.25) is 9.78 Å². The monoisotopic (exact) mass is 356 g/mol. The molecule has 2 aromatic rings. The van der Waals surface area contributed by atoms with Crippen LogP contribution >= 0.6 is 0 Å². The second-order valence-corrected chi connectivity index (χ2v) is 7.36. The molecule has 1 atom stereocenters. The minimum atomic E-state index is -0.944. The van der Waals surface area contributed by atoms with Crippen molar-refractivity contribution in [2.24, 2.45) is 5.41 Å². The first-order chi connectivity index (χ1) is 12.4. The third-order valence-corrected chi connectivity index (χ3v) is 5.15. The van der Waals surface area contributed by atoms with Crippen molar-refractivity contribution in [3.8, 4) is 11.4 Å². The minimum Gasteiger partial charge on any atom is -0.387 e. The Balaban J connectivity index is 1.74. The van der Waals surface area contributed by atoms with E-state index in [1.807, 2.05) is 26.0 Å². The Bertz CT molecular complexity index is 764. The van der Waals surface area contributed by atoms with Gasteiger partial charge in [0.25, 0.3) is 5.91 Å². The maximum atomic E-state index is 12.8. The number of aliphatic hydroxyl groups is 1. The zero-order valence-electron chi connectivity index (χ0n) is 15.3. The van der Waals surface area contributed by atoms with Gasteiger partial charge in [0.05, 0.1) is 17.8 Å². The SMILES string of the molecule is COC[C@]1(O)CCN(C(=O)c2cnc(-c3ccncc3)nc2)CC1(C)C. The number of likely N-dealkylation sites (tertiary alicyclic amines) is 1. The van der Waals surface area contributed by atoms with Gasteiger partial charge in [0, 0.05) is 56.0 Å². The summed E-state index contributed by atoms with van der Waals surface area (Å²) < 4.78 is 5.18. The lowest BCUT2D eigenvalue weighted by atomic mass is 9.70. The Morgan fingerprint density at radius 2 is 1.92 bits per heavy atom. The lowest BCUT2D eigenvalue weighted by Gasteiger charge is -2.49. The summed E-state index contributed by atoms with van der Waals surface area (Å²) in [4.78, 5) is 27.1. The highest BCUT2D eigenvalue weighted by Gasteiger charge is 2.48. The number of aromatic nitrogens is 3. The van der Waals surface area contributed by atoms with Gasteiger partial charge in [-0.25, -0.2) is 9.97 Å². The number of hydrogen-bond acceptors (Lipinski definition) is 6. The highest BCUT2D eigenvalue weighted by molar-refractivity contribution is 5.93. The number of piperidine rings is 1. The van der Waals surface area contributed by atoms with Crippen LogP contribution in [0.25, 0.3) is 11.4 Å². The number of carbonyl (C=O) groups excluding carboxylic acids is 1. The average molecular weight is 356 g/mol. The van der Waals surface area contributed by atoms with Gasteiger partial charge < -0.3 is 14.7 Å². The molecule has 3 heterocycles. The number of pyridine rings is 1. The topological polar surface area (TPSA) is 88.4 Å². The van der Waals surface area contributed by atoms with E-state index in [1.165, 1.54) is 0 Å². The first-order valence-electron chi connectivity index (χ1n) is 8.59. The quantitative estimate of drug-likeness (QED) is 0.898. The van der Waals surface area contributed by atoms with Crippen molar-refractivity contribution >= 4 is 5.91 Å². The smallest absolute Gasteiger partial charge is 0.257 e. The van der Waals surface area contributed by atoms with Crippen molar-refractivity contribution in [1.29, 1.82) is 0 Å². The Kier molecular flexibility index (Phi) is 5.02. The predicted molar refractivity (Wildman–Crippen MR) is 96.4 cm³/mol. The van der Waals surface area contributed by atoms with E-state index in [2.05, 4.69) is 15.0 Å². The molecule has 0 bridgehead atoms. The Hall–Kier alpha value is -2.38. The summed E-state index contributed by atoms with van der Waals surface area (Å²) in [6.07, 6.45) is 6.92. The van der Waals surface area contributed by atoms with Gasteiger partial charge in [0.15, 0.2) is 5.82 Å². The van der Waals surface area contributed by atoms with Crippen LogP contribution < -0.4 is 0 Å². The first kappa shape index (κ1) is 18.4. The molecule has 1 aliphatic rings. The maximum absolute atomic E-state index is 12.8. The van der Waals surface area contributed by atoms with Gasteiger partial charge in [-0.15, -0.1) is 0 Å². The number of carbonyl (C=O) groups is 1. The number of nitrogens with zero attached hydrogens (tertiary/aromatic N) is 4. The zero-order valence-corrected chi connectivity index (χ0v) is 15.3. The van der Waals surface area contributed by atoms with Crippen molar-refractivity contribution in [2.75, 3.05) is 26.8 Å². The molecule has 0 saturated carbocycles. The van der Waals surface area contributed by atoms with E-state index in [0.717, 1.165) is 5.56 Å². The van der Waals surface area contributed by atoms with Gasteiger partial charge in [0.2, 0.25) is 0 Å². The van der Waals surface area contributed by atoms with Crippen LogP contribution in [0.15, 0.2) is 36.9 Å². The molecule has 3 rings (SSSR count). The number of ether oxygens (including phenoxy) is 1. The fourth-order valence-electron chi connectivity index (χ4n) is 3.31. The van der Waals surface area contributed by atoms with Crippen molar-refractivity contribution in [3.05, 3.63) is 42.5 Å². The molecule has 1 aliphatic heterocycles. The van der Waals surface area contributed by atoms with E-state index in [9.17, 15) is 9.90 Å². The molecule has 138 valence electrons. The molecule has 7 heteroatoms. The first-order valence-corrected chi connectivity index (χ1v) is 8.59. The number of methoxy groups -OCH3 is 1. The minimum absolute atomic E-state index is 0.126. The molecule has 2 aromatic heterocycles. The molecule has 1 amide bonds. The molecule has 0 spiro atoms. The van der Waals surface area contributed by atoms with E-state index in [1.54, 1.807) is 36.8 Å². The number of amides is 1. The number of hydrogen-bond donors (Lipinski definition) is 1. The Morgan fingerprint density at radius 3 is 2.50 bits per heavy atom. The summed E-state index contributed by atoms with van der Waals surface area (Å²) in [5.74, 6) is 0.427. The molecule has 0 unspecified atom stereocenters. The summed E-state index contributed by atoms with van der Waals surface area (Å²) >= 11 is 0. The van der Waals surface area contributed by atoms with Crippen LogP contribution in [0, 0.1) is 5.41 Å². The van der Waals surface area contributed by atoms with Crippen molar-refractivity contribution in [2.45, 2.75) is 25.9 Å². The van der Waals surface area contributed by atoms with Crippen molar-refractivity contribution in [1.82, 2.24) is 19.9 Å². The second kappa shape index (κ2) is 7.09. The zero-order chi connectivity index (χ0) is 18.8. The van der Waals surface area contributed by atoms with E-state index in [-0.39, 0.29) is 12.5 Å². The average Bonchev–Trinajstić information content (AvgIpc) is 2.65. The second-order valence-electron chi connectivity index (χ2n) is 7.36. The highest BCUT2D eigenvalue weighted by Crippen LogP contribution is 2.39. The summed E-state index contributed by atoms with van der Waals surface area (Å²) in [5, 5.41) is 10.8. The summed E-state index contributed by atoms with van der Waals surface area (Å²) in [6, 6.07) is 3.64. The highest BCUT2D eigenvalue weighted by atomic mass is 16.5. The molecule has 0 aromatic carbocycles. The van der Waals surface area contributed by atoms with Gasteiger partial charge in [-0.1, -0.05) is 13.8 Å². The summed E-state index contributed by atoms with van der Waals surface area (Å²) in [5.41, 5.74) is -0.131. The van der Waals surface area contributed by atoms with Crippen molar-refractivity contribution < 1.29 is 14.6 Å². The molecule has 1 saturated heterocycles. The van der Waals surface area contributed by atoms with Crippen LogP contribution in [0.5, 0.6) is 0 Å². The Labute approximate surface area is 153 Å². The molecular formula is C19H24N4O3. The number of rotatable bonds is 4. The van der Waals surface area contributed by atoms with Crippen LogP contribution in [0.4, 0.5) is 0 Å². The molecule has 26 heavy (non-hydrogen) atoms. The fraction of sp³-hybridized carbons (Fsp3) is 0.474.